The van der Waals surface area contributed by atoms with Crippen molar-refractivity contribution in [2.24, 2.45) is 0 Å². The van der Waals surface area contributed by atoms with Crippen LogP contribution >= 0.6 is 0 Å². The molecule has 2 N–H and O–H groups in total. The van der Waals surface area contributed by atoms with Gasteiger partial charge in [-0.3, -0.25) is 0 Å². The lowest BCUT2D eigenvalue weighted by Crippen LogP contribution is -2.23. The number of H-pyrrole nitrogens is 1. The molecule has 0 unspecified atom stereocenters. The van der Waals surface area contributed by atoms with Gasteiger partial charge in [-0.15, -0.1) is 0 Å². The minimum absolute atomic E-state index is 0.0636. The highest BCUT2D eigenvalue weighted by atomic mass is 32.2. The molecule has 1 heterocycles. The molecule has 0 atom stereocenters. The molecular weight excluding hydrogens is 282 g/mol. The van der Waals surface area contributed by atoms with Crippen LogP contribution in [0.3, 0.4) is 0 Å². The van der Waals surface area contributed by atoms with E-state index in [9.17, 15) is 13.2 Å². The number of rotatable bonds is 5. The number of carbonyl (C=O) groups excluding carboxylic acids is 1. The van der Waals surface area contributed by atoms with Gasteiger partial charge < -0.3 is 9.72 Å². The largest absolute Gasteiger partial charge is 0.465 e. The van der Waals surface area contributed by atoms with E-state index < -0.39 is 16.0 Å². The Morgan fingerprint density at radius 1 is 1.35 bits per heavy atom. The molecule has 0 aliphatic carbocycles. The number of esters is 1. The first-order valence-electron chi connectivity index (χ1n) is 5.69. The minimum Gasteiger partial charge on any atom is -0.465 e. The second kappa shape index (κ2) is 5.85. The number of imidazole rings is 1. The number of carbonyl (C=O) groups is 1. The van der Waals surface area contributed by atoms with Gasteiger partial charge in [0.25, 0.3) is 0 Å². The fourth-order valence-corrected chi connectivity index (χ4v) is 2.52. The molecule has 0 fully saturated rings. The Bertz CT molecular complexity index is 678. The summed E-state index contributed by atoms with van der Waals surface area (Å²) in [7, 11) is -2.39. The van der Waals surface area contributed by atoms with Gasteiger partial charge in [0.1, 0.15) is 5.82 Å². The second-order valence-corrected chi connectivity index (χ2v) is 5.64. The van der Waals surface area contributed by atoms with Gasteiger partial charge in [0.2, 0.25) is 10.0 Å². The van der Waals surface area contributed by atoms with Crippen LogP contribution in [0.4, 0.5) is 0 Å². The zero-order valence-electron chi connectivity index (χ0n) is 10.7. The van der Waals surface area contributed by atoms with E-state index in [1.807, 2.05) is 0 Å². The molecule has 2 rings (SSSR count). The average molecular weight is 295 g/mol. The average Bonchev–Trinajstić information content (AvgIpc) is 2.98. The van der Waals surface area contributed by atoms with Crippen molar-refractivity contribution in [1.29, 1.82) is 0 Å². The molecule has 106 valence electrons. The first-order chi connectivity index (χ1) is 9.53. The molecule has 2 aromatic rings. The topological polar surface area (TPSA) is 101 Å². The summed E-state index contributed by atoms with van der Waals surface area (Å²) in [6.07, 6.45) is 3.14. The Balaban J connectivity index is 2.11. The van der Waals surface area contributed by atoms with E-state index in [4.69, 9.17) is 0 Å². The lowest BCUT2D eigenvalue weighted by atomic mass is 10.2. The Hall–Kier alpha value is -2.19. The van der Waals surface area contributed by atoms with Gasteiger partial charge in [-0.1, -0.05) is 0 Å². The summed E-state index contributed by atoms with van der Waals surface area (Å²) in [5, 5.41) is 0. The van der Waals surface area contributed by atoms with Crippen molar-refractivity contribution in [3.8, 4) is 0 Å². The van der Waals surface area contributed by atoms with Crippen molar-refractivity contribution in [2.45, 2.75) is 11.4 Å². The van der Waals surface area contributed by atoms with Gasteiger partial charge >= 0.3 is 5.97 Å². The predicted molar refractivity (Wildman–Crippen MR) is 70.4 cm³/mol. The molecular formula is C12H13N3O4S. The van der Waals surface area contributed by atoms with Gasteiger partial charge in [0.05, 0.1) is 24.1 Å². The monoisotopic (exact) mass is 295 g/mol. The fourth-order valence-electron chi connectivity index (χ4n) is 1.53. The zero-order valence-corrected chi connectivity index (χ0v) is 11.5. The maximum atomic E-state index is 12.0. The van der Waals surface area contributed by atoms with E-state index in [1.165, 1.54) is 37.6 Å². The summed E-state index contributed by atoms with van der Waals surface area (Å²) in [6, 6.07) is 5.48. The first kappa shape index (κ1) is 14.2. The lowest BCUT2D eigenvalue weighted by Gasteiger charge is -2.06. The molecule has 0 aliphatic heterocycles. The predicted octanol–water partition coefficient (Wildman–Crippen LogP) is 0.675. The SMILES string of the molecule is COC(=O)c1ccc(S(=O)(=O)NCc2ncc[nH]2)cc1. The summed E-state index contributed by atoms with van der Waals surface area (Å²) >= 11 is 0. The van der Waals surface area contributed by atoms with E-state index in [-0.39, 0.29) is 17.0 Å². The molecule has 0 saturated carbocycles. The smallest absolute Gasteiger partial charge is 0.337 e. The fraction of sp³-hybridized carbons (Fsp3) is 0.167. The summed E-state index contributed by atoms with van der Waals surface area (Å²) in [4.78, 5) is 18.0. The van der Waals surface area contributed by atoms with E-state index in [2.05, 4.69) is 19.4 Å². The van der Waals surface area contributed by atoms with E-state index in [1.54, 1.807) is 6.20 Å². The number of aromatic amines is 1. The van der Waals surface area contributed by atoms with Crippen LogP contribution in [0.2, 0.25) is 0 Å². The van der Waals surface area contributed by atoms with Crippen LogP contribution in [-0.2, 0) is 21.3 Å². The minimum atomic E-state index is -3.65. The molecule has 1 aromatic carbocycles. The molecule has 0 bridgehead atoms. The van der Waals surface area contributed by atoms with Gasteiger partial charge in [0.15, 0.2) is 0 Å². The van der Waals surface area contributed by atoms with Crippen molar-refractivity contribution in [1.82, 2.24) is 14.7 Å². The molecule has 0 saturated heterocycles. The number of hydrogen-bond acceptors (Lipinski definition) is 5. The molecule has 7 nitrogen and oxygen atoms in total. The molecule has 20 heavy (non-hydrogen) atoms. The zero-order chi connectivity index (χ0) is 14.6. The summed E-state index contributed by atoms with van der Waals surface area (Å²) in [6.45, 7) is 0.0636. The van der Waals surface area contributed by atoms with Crippen LogP contribution in [0.5, 0.6) is 0 Å². The molecule has 0 radical (unpaired) electrons. The molecule has 0 aliphatic rings. The summed E-state index contributed by atoms with van der Waals surface area (Å²) in [5.41, 5.74) is 0.289. The highest BCUT2D eigenvalue weighted by Gasteiger charge is 2.15. The van der Waals surface area contributed by atoms with Crippen LogP contribution in [0.25, 0.3) is 0 Å². The van der Waals surface area contributed by atoms with E-state index in [0.717, 1.165) is 0 Å². The maximum Gasteiger partial charge on any atom is 0.337 e. The molecule has 0 amide bonds. The third kappa shape index (κ3) is 3.22. The normalized spacial score (nSPS) is 11.2. The second-order valence-electron chi connectivity index (χ2n) is 3.88. The third-order valence-electron chi connectivity index (χ3n) is 2.57. The van der Waals surface area contributed by atoms with Crippen LogP contribution in [0.15, 0.2) is 41.6 Å². The molecule has 8 heteroatoms. The van der Waals surface area contributed by atoms with Crippen molar-refractivity contribution >= 4 is 16.0 Å². The van der Waals surface area contributed by atoms with E-state index >= 15 is 0 Å². The number of methoxy groups -OCH3 is 1. The Labute approximate surface area is 116 Å². The van der Waals surface area contributed by atoms with E-state index in [0.29, 0.717) is 5.82 Å². The maximum absolute atomic E-state index is 12.0. The standard InChI is InChI=1S/C12H13N3O4S/c1-19-12(16)9-2-4-10(5-3-9)20(17,18)15-8-11-13-6-7-14-11/h2-7,15H,8H2,1H3,(H,13,14). The van der Waals surface area contributed by atoms with Crippen molar-refractivity contribution in [3.05, 3.63) is 48.0 Å². The molecule has 0 spiro atoms. The number of ether oxygens (including phenoxy) is 1. The van der Waals surface area contributed by atoms with Crippen molar-refractivity contribution < 1.29 is 17.9 Å². The quantitative estimate of drug-likeness (QED) is 0.790. The Kier molecular flexibility index (Phi) is 4.16. The van der Waals surface area contributed by atoms with Crippen LogP contribution in [-0.4, -0.2) is 31.5 Å². The number of nitrogens with one attached hydrogen (secondary N) is 2. The van der Waals surface area contributed by atoms with Crippen LogP contribution < -0.4 is 4.72 Å². The lowest BCUT2D eigenvalue weighted by molar-refractivity contribution is 0.0600. The number of aromatic nitrogens is 2. The number of hydrogen-bond donors (Lipinski definition) is 2. The van der Waals surface area contributed by atoms with Crippen molar-refractivity contribution in [2.75, 3.05) is 7.11 Å². The highest BCUT2D eigenvalue weighted by Crippen LogP contribution is 2.11. The van der Waals surface area contributed by atoms with Gasteiger partial charge in [-0.25, -0.2) is 22.9 Å². The van der Waals surface area contributed by atoms with Gasteiger partial charge in [0, 0.05) is 12.4 Å². The summed E-state index contributed by atoms with van der Waals surface area (Å²) < 4.78 is 31.0. The Morgan fingerprint density at radius 3 is 2.60 bits per heavy atom. The van der Waals surface area contributed by atoms with Crippen LogP contribution in [0.1, 0.15) is 16.2 Å². The number of sulfonamides is 1. The van der Waals surface area contributed by atoms with Gasteiger partial charge in [-0.05, 0) is 24.3 Å². The number of benzene rings is 1. The number of nitrogens with zero attached hydrogens (tertiary/aromatic N) is 1. The highest BCUT2D eigenvalue weighted by molar-refractivity contribution is 7.89. The first-order valence-corrected chi connectivity index (χ1v) is 7.17. The third-order valence-corrected chi connectivity index (χ3v) is 3.99. The van der Waals surface area contributed by atoms with Crippen molar-refractivity contribution in [3.63, 3.8) is 0 Å². The van der Waals surface area contributed by atoms with Gasteiger partial charge in [-0.2, -0.15) is 0 Å². The Morgan fingerprint density at radius 2 is 2.05 bits per heavy atom. The van der Waals surface area contributed by atoms with Crippen LogP contribution in [0, 0.1) is 0 Å². The molecule has 1 aromatic heterocycles. The summed E-state index contributed by atoms with van der Waals surface area (Å²) in [5.74, 6) is -0.00255.